The van der Waals surface area contributed by atoms with Crippen LogP contribution >= 0.6 is 7.60 Å². The molecule has 0 radical (unpaired) electrons. The second-order valence-corrected chi connectivity index (χ2v) is 9.04. The Bertz CT molecular complexity index is 570. The zero-order chi connectivity index (χ0) is 16.1. The van der Waals surface area contributed by atoms with Gasteiger partial charge < -0.3 is 9.05 Å². The zero-order valence-electron chi connectivity index (χ0n) is 13.4. The summed E-state index contributed by atoms with van der Waals surface area (Å²) < 4.78 is 24.6. The van der Waals surface area contributed by atoms with Crippen LogP contribution in [0.25, 0.3) is 0 Å². The fourth-order valence-corrected chi connectivity index (χ4v) is 3.38. The fraction of sp³-hybridized carbons (Fsp3) is 0.333. The summed E-state index contributed by atoms with van der Waals surface area (Å²) in [5.41, 5.74) is 1.96. The molecule has 0 saturated carbocycles. The van der Waals surface area contributed by atoms with Crippen LogP contribution in [0.1, 0.15) is 31.9 Å². The fourth-order valence-electron chi connectivity index (χ4n) is 1.89. The monoisotopic (exact) mass is 318 g/mol. The summed E-state index contributed by atoms with van der Waals surface area (Å²) in [7, 11) is -3.23. The molecule has 0 aliphatic carbocycles. The van der Waals surface area contributed by atoms with E-state index in [0.717, 1.165) is 11.1 Å². The lowest BCUT2D eigenvalue weighted by molar-refractivity contribution is 0.176. The van der Waals surface area contributed by atoms with Crippen molar-refractivity contribution in [1.29, 1.82) is 0 Å². The van der Waals surface area contributed by atoms with Crippen LogP contribution in [0.15, 0.2) is 60.7 Å². The van der Waals surface area contributed by atoms with E-state index >= 15 is 0 Å². The van der Waals surface area contributed by atoms with E-state index in [1.165, 1.54) is 0 Å². The third kappa shape index (κ3) is 4.54. The number of hydrogen-bond donors (Lipinski definition) is 0. The Hall–Kier alpha value is -1.41. The predicted octanol–water partition coefficient (Wildman–Crippen LogP) is 5.41. The van der Waals surface area contributed by atoms with Gasteiger partial charge in [-0.3, -0.25) is 4.57 Å². The molecule has 0 aliphatic heterocycles. The van der Waals surface area contributed by atoms with Gasteiger partial charge in [-0.2, -0.15) is 0 Å². The van der Waals surface area contributed by atoms with Crippen LogP contribution in [0, 0.1) is 0 Å². The van der Waals surface area contributed by atoms with E-state index in [9.17, 15) is 4.57 Å². The lowest BCUT2D eigenvalue weighted by Crippen LogP contribution is -2.19. The molecule has 0 aromatic heterocycles. The van der Waals surface area contributed by atoms with E-state index in [1.54, 1.807) is 0 Å². The van der Waals surface area contributed by atoms with Gasteiger partial charge in [-0.15, -0.1) is 0 Å². The summed E-state index contributed by atoms with van der Waals surface area (Å²) in [5.74, 6) is 0. The first-order valence-electron chi connectivity index (χ1n) is 7.38. The third-order valence-corrected chi connectivity index (χ3v) is 5.89. The van der Waals surface area contributed by atoms with Crippen molar-refractivity contribution < 1.29 is 13.6 Å². The third-order valence-electron chi connectivity index (χ3n) is 3.31. The van der Waals surface area contributed by atoms with Crippen molar-refractivity contribution in [2.75, 3.05) is 0 Å². The van der Waals surface area contributed by atoms with Crippen molar-refractivity contribution in [1.82, 2.24) is 0 Å². The quantitative estimate of drug-likeness (QED) is 0.668. The van der Waals surface area contributed by atoms with Crippen LogP contribution in [0.4, 0.5) is 0 Å². The number of benzene rings is 2. The van der Waals surface area contributed by atoms with E-state index in [4.69, 9.17) is 9.05 Å². The summed E-state index contributed by atoms with van der Waals surface area (Å²) in [5, 5.41) is -0.573. The Morgan fingerprint density at radius 3 is 1.45 bits per heavy atom. The first-order valence-corrected chi connectivity index (χ1v) is 8.92. The largest absolute Gasteiger partial charge is 0.336 e. The molecule has 0 saturated heterocycles. The second kappa shape index (κ2) is 7.23. The summed E-state index contributed by atoms with van der Waals surface area (Å²) in [6, 6.07) is 19.4. The summed E-state index contributed by atoms with van der Waals surface area (Å²) >= 11 is 0. The van der Waals surface area contributed by atoms with E-state index in [0.29, 0.717) is 0 Å². The Balaban J connectivity index is 2.06. The molecule has 22 heavy (non-hydrogen) atoms. The van der Waals surface area contributed by atoms with Crippen molar-refractivity contribution in [3.05, 3.63) is 71.8 Å². The molecule has 118 valence electrons. The molecule has 2 rings (SSSR count). The normalized spacial score (nSPS) is 12.3. The Kier molecular flexibility index (Phi) is 5.57. The molecule has 2 aromatic carbocycles. The van der Waals surface area contributed by atoms with Crippen LogP contribution in [0.3, 0.4) is 0 Å². The van der Waals surface area contributed by atoms with Gasteiger partial charge in [-0.1, -0.05) is 60.7 Å². The van der Waals surface area contributed by atoms with Crippen LogP contribution < -0.4 is 0 Å². The van der Waals surface area contributed by atoms with Gasteiger partial charge in [0.2, 0.25) is 0 Å². The highest BCUT2D eigenvalue weighted by Gasteiger charge is 2.39. The lowest BCUT2D eigenvalue weighted by atomic mass is 10.2. The van der Waals surface area contributed by atoms with Crippen molar-refractivity contribution in [3.8, 4) is 0 Å². The van der Waals surface area contributed by atoms with Crippen LogP contribution in [0.5, 0.6) is 0 Å². The molecule has 0 aliphatic rings. The maximum absolute atomic E-state index is 13.1. The molecule has 2 aromatic rings. The molecular formula is C18H23O3P. The SMILES string of the molecule is CC(C)(C)P(=O)(OCc1ccccc1)OCc1ccccc1. The van der Waals surface area contributed by atoms with Crippen LogP contribution in [-0.4, -0.2) is 5.16 Å². The lowest BCUT2D eigenvalue weighted by Gasteiger charge is -2.30. The first kappa shape index (κ1) is 17.0. The number of hydrogen-bond acceptors (Lipinski definition) is 3. The molecule has 0 fully saturated rings. The van der Waals surface area contributed by atoms with Gasteiger partial charge in [0.05, 0.1) is 18.4 Å². The van der Waals surface area contributed by atoms with Crippen molar-refractivity contribution in [3.63, 3.8) is 0 Å². The molecule has 0 unspecified atom stereocenters. The maximum Gasteiger partial charge on any atom is 0.336 e. The first-order chi connectivity index (χ1) is 10.4. The van der Waals surface area contributed by atoms with Gasteiger partial charge in [-0.05, 0) is 31.9 Å². The average Bonchev–Trinajstić information content (AvgIpc) is 2.52. The molecule has 0 spiro atoms. The molecule has 0 atom stereocenters. The topological polar surface area (TPSA) is 35.5 Å². The van der Waals surface area contributed by atoms with Crippen molar-refractivity contribution >= 4 is 7.60 Å². The van der Waals surface area contributed by atoms with Gasteiger partial charge in [0, 0.05) is 0 Å². The smallest absolute Gasteiger partial charge is 0.303 e. The Labute approximate surface area is 132 Å². The molecule has 0 amide bonds. The Morgan fingerprint density at radius 2 is 1.14 bits per heavy atom. The van der Waals surface area contributed by atoms with E-state index in [1.807, 2.05) is 81.4 Å². The Morgan fingerprint density at radius 1 is 0.773 bits per heavy atom. The maximum atomic E-state index is 13.1. The molecule has 3 nitrogen and oxygen atoms in total. The van der Waals surface area contributed by atoms with Crippen LogP contribution in [-0.2, 0) is 26.8 Å². The van der Waals surface area contributed by atoms with Crippen molar-refractivity contribution in [2.45, 2.75) is 39.1 Å². The summed E-state index contributed by atoms with van der Waals surface area (Å²) in [4.78, 5) is 0. The van der Waals surface area contributed by atoms with Gasteiger partial charge in [0.15, 0.2) is 0 Å². The molecule has 0 bridgehead atoms. The standard InChI is InChI=1S/C18H23O3P/c1-18(2,3)22(19,20-14-16-10-6-4-7-11-16)21-15-17-12-8-5-9-13-17/h4-13H,14-15H2,1-3H3. The summed E-state index contributed by atoms with van der Waals surface area (Å²) in [6.07, 6.45) is 0. The van der Waals surface area contributed by atoms with Gasteiger partial charge in [0.1, 0.15) is 0 Å². The van der Waals surface area contributed by atoms with Gasteiger partial charge in [0.25, 0.3) is 0 Å². The highest BCUT2D eigenvalue weighted by Crippen LogP contribution is 2.60. The zero-order valence-corrected chi connectivity index (χ0v) is 14.3. The second-order valence-electron chi connectivity index (χ2n) is 6.19. The van der Waals surface area contributed by atoms with E-state index in [-0.39, 0.29) is 13.2 Å². The minimum atomic E-state index is -3.23. The minimum Gasteiger partial charge on any atom is -0.303 e. The number of rotatable bonds is 6. The molecule has 0 N–H and O–H groups in total. The van der Waals surface area contributed by atoms with Gasteiger partial charge >= 0.3 is 7.60 Å². The van der Waals surface area contributed by atoms with E-state index in [2.05, 4.69) is 0 Å². The minimum absolute atomic E-state index is 0.282. The molecular weight excluding hydrogens is 295 g/mol. The van der Waals surface area contributed by atoms with Gasteiger partial charge in [-0.25, -0.2) is 0 Å². The highest BCUT2D eigenvalue weighted by molar-refractivity contribution is 7.55. The highest BCUT2D eigenvalue weighted by atomic mass is 31.2. The predicted molar refractivity (Wildman–Crippen MR) is 89.8 cm³/mol. The summed E-state index contributed by atoms with van der Waals surface area (Å²) in [6.45, 7) is 6.20. The average molecular weight is 318 g/mol. The molecule has 0 heterocycles. The van der Waals surface area contributed by atoms with Crippen molar-refractivity contribution in [2.24, 2.45) is 0 Å². The van der Waals surface area contributed by atoms with Crippen LogP contribution in [0.2, 0.25) is 0 Å². The molecule has 4 heteroatoms. The van der Waals surface area contributed by atoms with E-state index < -0.39 is 12.8 Å².